The molecule has 2 N–H and O–H groups in total. The summed E-state index contributed by atoms with van der Waals surface area (Å²) in [6.45, 7) is 10.8. The number of hydrogen-bond acceptors (Lipinski definition) is 2. The van der Waals surface area contributed by atoms with Gasteiger partial charge in [-0.05, 0) is 37.0 Å². The molecule has 1 saturated heterocycles. The van der Waals surface area contributed by atoms with Crippen LogP contribution in [0.15, 0.2) is 33.7 Å². The summed E-state index contributed by atoms with van der Waals surface area (Å²) in [5.41, 5.74) is 1.59. The summed E-state index contributed by atoms with van der Waals surface area (Å²) in [5.74, 6) is 1.50. The Morgan fingerprint density at radius 2 is 2.08 bits per heavy atom. The molecule has 0 bridgehead atoms. The number of aliphatic imine (C=N–C) groups is 1. The third kappa shape index (κ3) is 7.83. The number of nitrogens with zero attached hydrogens (tertiary/aromatic N) is 1. The van der Waals surface area contributed by atoms with E-state index in [1.54, 1.807) is 0 Å². The third-order valence-electron chi connectivity index (χ3n) is 4.41. The monoisotopic (exact) mass is 523 g/mol. The zero-order valence-corrected chi connectivity index (χ0v) is 19.4. The van der Waals surface area contributed by atoms with Crippen molar-refractivity contribution in [1.29, 1.82) is 0 Å². The van der Waals surface area contributed by atoms with Crippen LogP contribution in [0.4, 0.5) is 0 Å². The van der Waals surface area contributed by atoms with Gasteiger partial charge in [-0.25, -0.2) is 0 Å². The molecule has 0 spiro atoms. The van der Waals surface area contributed by atoms with Crippen LogP contribution in [-0.4, -0.2) is 38.8 Å². The first-order chi connectivity index (χ1) is 11.5. The van der Waals surface area contributed by atoms with Crippen molar-refractivity contribution in [3.05, 3.63) is 34.3 Å². The minimum Gasteiger partial charge on any atom is -0.380 e. The van der Waals surface area contributed by atoms with Crippen molar-refractivity contribution in [1.82, 2.24) is 10.6 Å². The number of halogens is 2. The zero-order valence-electron chi connectivity index (χ0n) is 15.5. The molecule has 0 radical (unpaired) electrons. The van der Waals surface area contributed by atoms with Gasteiger partial charge in [-0.3, -0.25) is 4.99 Å². The maximum atomic E-state index is 5.31. The van der Waals surface area contributed by atoms with Crippen molar-refractivity contribution in [2.45, 2.75) is 33.6 Å². The van der Waals surface area contributed by atoms with Gasteiger partial charge < -0.3 is 15.4 Å². The van der Waals surface area contributed by atoms with Crippen LogP contribution < -0.4 is 10.6 Å². The average molecular weight is 524 g/mol. The molecule has 0 amide bonds. The fourth-order valence-electron chi connectivity index (χ4n) is 2.75. The molecule has 1 heterocycles. The molecule has 142 valence electrons. The number of guanidine groups is 1. The summed E-state index contributed by atoms with van der Waals surface area (Å²) in [7, 11) is 0. The standard InChI is InChI=1S/C19H30BrN3O.HI/c1-4-15(9-16-7-6-8-17(20)10-16)11-22-18(21-5-2)23-12-19(3)13-24-14-19;/h6-8,10,15H,4-5,9,11-14H2,1-3H3,(H2,21,22,23);1H. The van der Waals surface area contributed by atoms with E-state index in [0.29, 0.717) is 5.92 Å². The molecule has 2 rings (SSSR count). The van der Waals surface area contributed by atoms with Gasteiger partial charge >= 0.3 is 0 Å². The van der Waals surface area contributed by atoms with Crippen LogP contribution in [0.1, 0.15) is 32.8 Å². The Morgan fingerprint density at radius 1 is 1.32 bits per heavy atom. The molecule has 1 aromatic rings. The highest BCUT2D eigenvalue weighted by Crippen LogP contribution is 2.26. The average Bonchev–Trinajstić information content (AvgIpc) is 2.54. The van der Waals surface area contributed by atoms with E-state index in [9.17, 15) is 0 Å². The van der Waals surface area contributed by atoms with E-state index >= 15 is 0 Å². The van der Waals surface area contributed by atoms with E-state index in [4.69, 9.17) is 9.73 Å². The molecule has 0 saturated carbocycles. The van der Waals surface area contributed by atoms with Crippen molar-refractivity contribution in [2.75, 3.05) is 32.8 Å². The van der Waals surface area contributed by atoms with Gasteiger partial charge in [0.25, 0.3) is 0 Å². The van der Waals surface area contributed by atoms with E-state index in [1.165, 1.54) is 5.56 Å². The molecule has 1 atom stereocenters. The predicted molar refractivity (Wildman–Crippen MR) is 120 cm³/mol. The van der Waals surface area contributed by atoms with Crippen LogP contribution in [-0.2, 0) is 11.2 Å². The van der Waals surface area contributed by atoms with Crippen LogP contribution in [0.25, 0.3) is 0 Å². The summed E-state index contributed by atoms with van der Waals surface area (Å²) < 4.78 is 6.45. The number of nitrogens with one attached hydrogen (secondary N) is 2. The Morgan fingerprint density at radius 3 is 2.64 bits per heavy atom. The zero-order chi connectivity index (χ0) is 17.4. The molecule has 4 nitrogen and oxygen atoms in total. The summed E-state index contributed by atoms with van der Waals surface area (Å²) in [5, 5.41) is 6.86. The Hall–Kier alpha value is -0.340. The third-order valence-corrected chi connectivity index (χ3v) is 4.91. The van der Waals surface area contributed by atoms with E-state index in [0.717, 1.165) is 56.1 Å². The Labute approximate surface area is 177 Å². The molecule has 1 aromatic carbocycles. The molecular weight excluding hydrogens is 493 g/mol. The van der Waals surface area contributed by atoms with Crippen LogP contribution in [0.2, 0.25) is 0 Å². The highest BCUT2D eigenvalue weighted by Gasteiger charge is 2.33. The maximum Gasteiger partial charge on any atom is 0.191 e. The molecule has 1 fully saturated rings. The lowest BCUT2D eigenvalue weighted by molar-refractivity contribution is -0.0945. The lowest BCUT2D eigenvalue weighted by Crippen LogP contribution is -2.45. The first kappa shape index (κ1) is 22.7. The van der Waals surface area contributed by atoms with Gasteiger partial charge in [-0.1, -0.05) is 48.3 Å². The van der Waals surface area contributed by atoms with Gasteiger partial charge in [0, 0.05) is 23.0 Å². The van der Waals surface area contributed by atoms with E-state index < -0.39 is 0 Å². The second-order valence-electron chi connectivity index (χ2n) is 6.99. The second-order valence-corrected chi connectivity index (χ2v) is 7.90. The van der Waals surface area contributed by atoms with Crippen molar-refractivity contribution >= 4 is 45.9 Å². The first-order valence-electron chi connectivity index (χ1n) is 8.89. The van der Waals surface area contributed by atoms with E-state index in [-0.39, 0.29) is 29.4 Å². The number of hydrogen-bond donors (Lipinski definition) is 2. The summed E-state index contributed by atoms with van der Waals surface area (Å²) >= 11 is 3.55. The van der Waals surface area contributed by atoms with Crippen molar-refractivity contribution < 1.29 is 4.74 Å². The Bertz CT molecular complexity index is 549. The maximum absolute atomic E-state index is 5.31. The molecule has 1 unspecified atom stereocenters. The van der Waals surface area contributed by atoms with Gasteiger partial charge in [-0.15, -0.1) is 24.0 Å². The van der Waals surface area contributed by atoms with Gasteiger partial charge in [0.15, 0.2) is 5.96 Å². The molecule has 1 aliphatic rings. The summed E-state index contributed by atoms with van der Waals surface area (Å²) in [6, 6.07) is 8.58. The van der Waals surface area contributed by atoms with Crippen LogP contribution in [0.5, 0.6) is 0 Å². The Balaban J connectivity index is 0.00000312. The fraction of sp³-hybridized carbons (Fsp3) is 0.632. The van der Waals surface area contributed by atoms with Gasteiger partial charge in [-0.2, -0.15) is 0 Å². The second kappa shape index (κ2) is 11.4. The summed E-state index contributed by atoms with van der Waals surface area (Å²) in [6.07, 6.45) is 2.22. The topological polar surface area (TPSA) is 45.7 Å². The molecule has 1 aliphatic heterocycles. The lowest BCUT2D eigenvalue weighted by Gasteiger charge is -2.36. The Kier molecular flexibility index (Phi) is 10.3. The first-order valence-corrected chi connectivity index (χ1v) is 9.68. The highest BCUT2D eigenvalue weighted by atomic mass is 127. The van der Waals surface area contributed by atoms with Crippen LogP contribution >= 0.6 is 39.9 Å². The summed E-state index contributed by atoms with van der Waals surface area (Å²) in [4.78, 5) is 4.74. The van der Waals surface area contributed by atoms with Gasteiger partial charge in [0.2, 0.25) is 0 Å². The lowest BCUT2D eigenvalue weighted by atomic mass is 9.89. The molecular formula is C19H31BrIN3O. The normalized spacial score (nSPS) is 17.2. The number of benzene rings is 1. The largest absolute Gasteiger partial charge is 0.380 e. The minimum atomic E-state index is 0. The fourth-order valence-corrected chi connectivity index (χ4v) is 3.20. The SMILES string of the molecule is CCNC(=NCC1(C)COC1)NCC(CC)Cc1cccc(Br)c1.I. The predicted octanol–water partition coefficient (Wildman–Crippen LogP) is 4.23. The molecule has 25 heavy (non-hydrogen) atoms. The molecule has 6 heteroatoms. The van der Waals surface area contributed by atoms with Gasteiger partial charge in [0.1, 0.15) is 0 Å². The molecule has 0 aliphatic carbocycles. The van der Waals surface area contributed by atoms with Crippen LogP contribution in [0, 0.1) is 11.3 Å². The highest BCUT2D eigenvalue weighted by molar-refractivity contribution is 14.0. The molecule has 0 aromatic heterocycles. The minimum absolute atomic E-state index is 0. The van der Waals surface area contributed by atoms with Crippen molar-refractivity contribution in [3.8, 4) is 0 Å². The number of ether oxygens (including phenoxy) is 1. The smallest absolute Gasteiger partial charge is 0.191 e. The van der Waals surface area contributed by atoms with Crippen molar-refractivity contribution in [3.63, 3.8) is 0 Å². The van der Waals surface area contributed by atoms with Crippen LogP contribution in [0.3, 0.4) is 0 Å². The van der Waals surface area contributed by atoms with Crippen molar-refractivity contribution in [2.24, 2.45) is 16.3 Å². The van der Waals surface area contributed by atoms with E-state index in [2.05, 4.69) is 71.6 Å². The van der Waals surface area contributed by atoms with E-state index in [1.807, 2.05) is 0 Å². The van der Waals surface area contributed by atoms with Gasteiger partial charge in [0.05, 0.1) is 19.8 Å². The number of rotatable bonds is 8. The quantitative estimate of drug-likeness (QED) is 0.304.